The Morgan fingerprint density at radius 3 is 2.68 bits per heavy atom. The molecule has 4 saturated carbocycles. The van der Waals surface area contributed by atoms with Crippen LogP contribution in [0.2, 0.25) is 0 Å². The fraction of sp³-hybridized carbons (Fsp3) is 0.487. The second-order valence-corrected chi connectivity index (χ2v) is 15.4. The van der Waals surface area contributed by atoms with Crippen LogP contribution in [0.25, 0.3) is 22.3 Å². The lowest BCUT2D eigenvalue weighted by Gasteiger charge is -2.63. The Morgan fingerprint density at radius 1 is 1.14 bits per heavy atom. The first-order valence-electron chi connectivity index (χ1n) is 17.9. The van der Waals surface area contributed by atoms with Gasteiger partial charge in [-0.15, -0.1) is 0 Å². The zero-order valence-electron chi connectivity index (χ0n) is 29.3. The molecule has 11 heteroatoms. The van der Waals surface area contributed by atoms with Gasteiger partial charge in [0.25, 0.3) is 5.56 Å². The van der Waals surface area contributed by atoms with E-state index in [4.69, 9.17) is 14.7 Å². The molecule has 9 rings (SSSR count). The summed E-state index contributed by atoms with van der Waals surface area (Å²) in [7, 11) is 1.50. The van der Waals surface area contributed by atoms with Gasteiger partial charge in [0, 0.05) is 61.9 Å². The molecule has 0 unspecified atom stereocenters. The lowest BCUT2D eigenvalue weighted by atomic mass is 9.43. The summed E-state index contributed by atoms with van der Waals surface area (Å²) in [5, 5.41) is 15.9. The number of aliphatic imine (C=N–C) groups is 1. The number of benzene rings is 2. The number of rotatable bonds is 7. The van der Waals surface area contributed by atoms with Crippen molar-refractivity contribution >= 4 is 22.5 Å². The maximum Gasteiger partial charge on any atom is 0.261 e. The number of ether oxygens (including phenoxy) is 1. The second kappa shape index (κ2) is 12.5. The Kier molecular flexibility index (Phi) is 8.18. The molecule has 0 amide bonds. The van der Waals surface area contributed by atoms with Crippen molar-refractivity contribution in [1.82, 2.24) is 24.5 Å². The molecule has 5 fully saturated rings. The molecule has 4 atom stereocenters. The molecule has 10 nitrogen and oxygen atoms in total. The van der Waals surface area contributed by atoms with Crippen LogP contribution in [0.1, 0.15) is 52.0 Å². The molecular weight excluding hydrogens is 633 g/mol. The SMILES string of the molecule is COc1ccc(CCn2c(-c3cccnc3)nc3cc(NC(=N[C@H]4C[C@H]5C[C@H](C5(C)C)C45CC5)N4CCN(O)[C@@H](C)C4)ccc3c2=O)c(F)c1. The van der Waals surface area contributed by atoms with Gasteiger partial charge in [0.15, 0.2) is 5.96 Å². The molecule has 4 aromatic rings. The highest BCUT2D eigenvalue weighted by Crippen LogP contribution is 2.74. The van der Waals surface area contributed by atoms with Crippen molar-refractivity contribution in [1.29, 1.82) is 0 Å². The molecule has 2 aromatic heterocycles. The van der Waals surface area contributed by atoms with Crippen molar-refractivity contribution in [3.63, 3.8) is 0 Å². The van der Waals surface area contributed by atoms with Crippen molar-refractivity contribution in [2.75, 3.05) is 32.1 Å². The molecule has 5 aliphatic rings. The van der Waals surface area contributed by atoms with Gasteiger partial charge in [0.05, 0.1) is 24.1 Å². The number of hydroxylamine groups is 2. The summed E-state index contributed by atoms with van der Waals surface area (Å²) in [5.41, 5.74) is 3.02. The normalized spacial score (nSPS) is 25.4. The minimum Gasteiger partial charge on any atom is -0.497 e. The summed E-state index contributed by atoms with van der Waals surface area (Å²) in [5.74, 6) is 2.78. The molecule has 2 aromatic carbocycles. The van der Waals surface area contributed by atoms with Gasteiger partial charge in [-0.1, -0.05) is 19.9 Å². The van der Waals surface area contributed by atoms with E-state index in [2.05, 4.69) is 29.0 Å². The number of anilines is 1. The Bertz CT molecular complexity index is 2010. The van der Waals surface area contributed by atoms with E-state index in [0.717, 1.165) is 24.0 Å². The second-order valence-electron chi connectivity index (χ2n) is 15.4. The maximum atomic E-state index is 14.9. The van der Waals surface area contributed by atoms with Gasteiger partial charge in [0.1, 0.15) is 17.4 Å². The summed E-state index contributed by atoms with van der Waals surface area (Å²) < 4.78 is 21.6. The summed E-state index contributed by atoms with van der Waals surface area (Å²) in [4.78, 5) is 31.2. The third kappa shape index (κ3) is 5.64. The highest BCUT2D eigenvalue weighted by atomic mass is 19.1. The van der Waals surface area contributed by atoms with Gasteiger partial charge in [0.2, 0.25) is 0 Å². The number of nitrogens with zero attached hydrogens (tertiary/aromatic N) is 6. The van der Waals surface area contributed by atoms with Crippen molar-refractivity contribution in [2.45, 2.75) is 71.5 Å². The molecule has 0 radical (unpaired) electrons. The zero-order valence-corrected chi connectivity index (χ0v) is 29.3. The Hall–Kier alpha value is -4.35. The fourth-order valence-electron chi connectivity index (χ4n) is 9.06. The highest BCUT2D eigenvalue weighted by molar-refractivity contribution is 5.96. The standard InChI is InChI=1S/C39H46FN7O3/c1-24-23-45(16-17-47(24)49)37(44-34-19-27-18-33(38(27,2)3)39(34)12-13-39)42-28-8-10-30-32(20-28)43-35(26-6-5-14-41-22-26)46(36(30)48)15-11-25-7-9-29(50-4)21-31(25)40/h5-10,14,20-22,24,27,33-34,49H,11-13,15-19,23H2,1-4H3,(H,42,44)/t24-,27+,33+,34-/m0/s1. The fourth-order valence-corrected chi connectivity index (χ4v) is 9.06. The summed E-state index contributed by atoms with van der Waals surface area (Å²) in [6.45, 7) is 8.99. The number of halogens is 1. The molecule has 1 spiro atoms. The number of pyridine rings is 1. The lowest BCUT2D eigenvalue weighted by molar-refractivity contribution is -0.142. The maximum absolute atomic E-state index is 14.9. The first-order valence-corrected chi connectivity index (χ1v) is 17.9. The summed E-state index contributed by atoms with van der Waals surface area (Å²) in [6, 6.07) is 14.3. The molecule has 262 valence electrons. The van der Waals surface area contributed by atoms with Crippen molar-refractivity contribution < 1.29 is 14.3 Å². The monoisotopic (exact) mass is 679 g/mol. The van der Waals surface area contributed by atoms with Crippen LogP contribution in [0.3, 0.4) is 0 Å². The molecular formula is C39H46FN7O3. The first-order chi connectivity index (χ1) is 24.1. The molecule has 1 aliphatic heterocycles. The van der Waals surface area contributed by atoms with Crippen LogP contribution in [-0.2, 0) is 13.0 Å². The van der Waals surface area contributed by atoms with E-state index < -0.39 is 0 Å². The average Bonchev–Trinajstić information content (AvgIpc) is 3.89. The molecule has 3 heterocycles. The number of methoxy groups -OCH3 is 1. The number of aryl methyl sites for hydroxylation is 1. The lowest BCUT2D eigenvalue weighted by Crippen LogP contribution is -2.59. The van der Waals surface area contributed by atoms with E-state index in [1.807, 2.05) is 37.3 Å². The average molecular weight is 680 g/mol. The molecule has 4 aliphatic carbocycles. The minimum atomic E-state index is -0.376. The van der Waals surface area contributed by atoms with Crippen LogP contribution in [0.15, 0.2) is 70.7 Å². The first kappa shape index (κ1) is 32.8. The smallest absolute Gasteiger partial charge is 0.261 e. The molecule has 2 bridgehead atoms. The van der Waals surface area contributed by atoms with E-state index in [1.54, 1.807) is 29.1 Å². The van der Waals surface area contributed by atoms with E-state index in [9.17, 15) is 14.4 Å². The predicted molar refractivity (Wildman–Crippen MR) is 192 cm³/mol. The zero-order chi connectivity index (χ0) is 34.8. The number of hydrogen-bond acceptors (Lipinski definition) is 7. The molecule has 50 heavy (non-hydrogen) atoms. The third-order valence-electron chi connectivity index (χ3n) is 12.3. The molecule has 1 saturated heterocycles. The number of nitrogens with one attached hydrogen (secondary N) is 1. The van der Waals surface area contributed by atoms with Gasteiger partial charge in [-0.05, 0) is 104 Å². The number of hydrogen-bond donors (Lipinski definition) is 2. The van der Waals surface area contributed by atoms with Crippen LogP contribution < -0.4 is 15.6 Å². The Morgan fingerprint density at radius 2 is 1.98 bits per heavy atom. The van der Waals surface area contributed by atoms with Crippen molar-refractivity contribution in [3.05, 3.63) is 82.7 Å². The molecule has 2 N–H and O–H groups in total. The van der Waals surface area contributed by atoms with Crippen molar-refractivity contribution in [2.24, 2.45) is 27.7 Å². The largest absolute Gasteiger partial charge is 0.497 e. The third-order valence-corrected chi connectivity index (χ3v) is 12.3. The van der Waals surface area contributed by atoms with Gasteiger partial charge < -0.3 is 20.2 Å². The minimum absolute atomic E-state index is 0.0329. The number of aromatic nitrogens is 3. The van der Waals surface area contributed by atoms with Crippen LogP contribution in [-0.4, -0.2) is 74.5 Å². The quantitative estimate of drug-likeness (QED) is 0.175. The number of fused-ring (bicyclic) bond motifs is 2. The van der Waals surface area contributed by atoms with Gasteiger partial charge in [-0.2, -0.15) is 5.06 Å². The van der Waals surface area contributed by atoms with Crippen LogP contribution in [0.5, 0.6) is 5.75 Å². The Labute approximate surface area is 292 Å². The number of guanidine groups is 1. The van der Waals surface area contributed by atoms with Crippen molar-refractivity contribution in [3.8, 4) is 17.1 Å². The van der Waals surface area contributed by atoms with Gasteiger partial charge in [-0.3, -0.25) is 14.3 Å². The van der Waals surface area contributed by atoms with Gasteiger partial charge >= 0.3 is 0 Å². The van der Waals surface area contributed by atoms with Crippen LogP contribution in [0, 0.1) is 28.5 Å². The summed E-state index contributed by atoms with van der Waals surface area (Å²) in [6.07, 6.45) is 8.59. The highest BCUT2D eigenvalue weighted by Gasteiger charge is 2.69. The topological polar surface area (TPSA) is 108 Å². The van der Waals surface area contributed by atoms with E-state index in [0.29, 0.717) is 76.4 Å². The van der Waals surface area contributed by atoms with E-state index in [-0.39, 0.29) is 30.0 Å². The van der Waals surface area contributed by atoms with E-state index >= 15 is 0 Å². The summed E-state index contributed by atoms with van der Waals surface area (Å²) >= 11 is 0. The van der Waals surface area contributed by atoms with Gasteiger partial charge in [-0.25, -0.2) is 14.4 Å². The number of piperazine rings is 1. The van der Waals surface area contributed by atoms with Crippen LogP contribution in [0.4, 0.5) is 10.1 Å². The van der Waals surface area contributed by atoms with E-state index in [1.165, 1.54) is 37.5 Å². The predicted octanol–water partition coefficient (Wildman–Crippen LogP) is 6.23. The Balaban J connectivity index is 1.14. The van der Waals surface area contributed by atoms with Crippen LogP contribution >= 0.6 is 0 Å².